The van der Waals surface area contributed by atoms with E-state index >= 15 is 0 Å². The second-order valence-corrected chi connectivity index (χ2v) is 7.58. The van der Waals surface area contributed by atoms with E-state index in [0.717, 1.165) is 40.5 Å². The molecule has 0 amide bonds. The van der Waals surface area contributed by atoms with Gasteiger partial charge in [0.25, 0.3) is 0 Å². The lowest BCUT2D eigenvalue weighted by molar-refractivity contribution is -0.138. The largest absolute Gasteiger partial charge is 0.490 e. The number of ether oxygens (including phenoxy) is 1. The maximum Gasteiger partial charge on any atom is 0.416 e. The summed E-state index contributed by atoms with van der Waals surface area (Å²) >= 11 is 1.38. The molecule has 1 N–H and O–H groups in total. The Hall–Kier alpha value is -2.35. The van der Waals surface area contributed by atoms with Gasteiger partial charge in [-0.3, -0.25) is 4.79 Å². The van der Waals surface area contributed by atoms with E-state index in [1.807, 2.05) is 6.92 Å². The lowest BCUT2D eigenvalue weighted by Gasteiger charge is -2.13. The van der Waals surface area contributed by atoms with Crippen LogP contribution in [0.25, 0.3) is 0 Å². The highest BCUT2D eigenvalue weighted by atomic mass is 32.1. The third-order valence-corrected chi connectivity index (χ3v) is 5.48. The van der Waals surface area contributed by atoms with Crippen LogP contribution in [0.5, 0.6) is 0 Å². The molecule has 1 aliphatic rings. The molecule has 1 atom stereocenters. The number of carboxylic acids is 1. The SMILES string of the molecule is CC1=C(CCc2ncc(CC(=O)O)s2)CC(c2ccc(C(F)(F)F)cc2)O1. The number of alkyl halides is 3. The molecule has 1 aromatic heterocycles. The molecule has 3 rings (SSSR count). The van der Waals surface area contributed by atoms with Crippen molar-refractivity contribution in [2.45, 2.75) is 44.9 Å². The van der Waals surface area contributed by atoms with E-state index in [2.05, 4.69) is 4.98 Å². The molecule has 27 heavy (non-hydrogen) atoms. The molecule has 0 aliphatic carbocycles. The molecule has 0 saturated carbocycles. The fourth-order valence-corrected chi connectivity index (χ4v) is 3.92. The number of hydrogen-bond acceptors (Lipinski definition) is 4. The molecule has 1 aromatic carbocycles. The van der Waals surface area contributed by atoms with Crippen molar-refractivity contribution in [3.05, 3.63) is 62.8 Å². The van der Waals surface area contributed by atoms with E-state index in [0.29, 0.717) is 17.7 Å². The second kappa shape index (κ2) is 7.72. The maximum atomic E-state index is 12.7. The van der Waals surface area contributed by atoms with E-state index < -0.39 is 17.7 Å². The number of carboxylic acid groups (broad SMARTS) is 1. The first-order valence-electron chi connectivity index (χ1n) is 8.40. The number of hydrogen-bond donors (Lipinski definition) is 1. The normalized spacial score (nSPS) is 17.3. The van der Waals surface area contributed by atoms with Crippen LogP contribution in [0, 0.1) is 0 Å². The van der Waals surface area contributed by atoms with Crippen molar-refractivity contribution < 1.29 is 27.8 Å². The Morgan fingerprint density at radius 2 is 2.00 bits per heavy atom. The first kappa shape index (κ1) is 19.4. The number of aryl methyl sites for hydroxylation is 1. The van der Waals surface area contributed by atoms with Gasteiger partial charge in [0.15, 0.2) is 0 Å². The van der Waals surface area contributed by atoms with E-state index in [-0.39, 0.29) is 12.5 Å². The first-order valence-corrected chi connectivity index (χ1v) is 9.22. The van der Waals surface area contributed by atoms with Crippen LogP contribution in [0.15, 0.2) is 41.8 Å². The van der Waals surface area contributed by atoms with Gasteiger partial charge in [-0.25, -0.2) is 4.98 Å². The molecule has 0 saturated heterocycles. The second-order valence-electron chi connectivity index (χ2n) is 6.38. The van der Waals surface area contributed by atoms with Gasteiger partial charge in [-0.2, -0.15) is 13.2 Å². The van der Waals surface area contributed by atoms with Crippen LogP contribution in [0.4, 0.5) is 13.2 Å². The average molecular weight is 397 g/mol. The molecule has 0 spiro atoms. The first-order chi connectivity index (χ1) is 12.7. The van der Waals surface area contributed by atoms with E-state index in [9.17, 15) is 18.0 Å². The minimum Gasteiger partial charge on any atom is -0.490 e. The quantitative estimate of drug-likeness (QED) is 0.732. The van der Waals surface area contributed by atoms with Crippen LogP contribution in [0.3, 0.4) is 0 Å². The predicted octanol–water partition coefficient (Wildman–Crippen LogP) is 5.16. The number of benzene rings is 1. The zero-order valence-electron chi connectivity index (χ0n) is 14.5. The van der Waals surface area contributed by atoms with Gasteiger partial charge in [0.2, 0.25) is 0 Å². The number of aliphatic carboxylic acids is 1. The molecule has 1 unspecified atom stereocenters. The number of carbonyl (C=O) groups is 1. The van der Waals surface area contributed by atoms with Crippen molar-refractivity contribution in [3.8, 4) is 0 Å². The van der Waals surface area contributed by atoms with Crippen molar-refractivity contribution in [1.29, 1.82) is 0 Å². The van der Waals surface area contributed by atoms with Crippen molar-refractivity contribution in [2.75, 3.05) is 0 Å². The molecular formula is C19H18F3NO3S. The van der Waals surface area contributed by atoms with Crippen LogP contribution in [0.2, 0.25) is 0 Å². The van der Waals surface area contributed by atoms with Crippen LogP contribution in [0.1, 0.15) is 46.9 Å². The van der Waals surface area contributed by atoms with Crippen molar-refractivity contribution in [2.24, 2.45) is 0 Å². The van der Waals surface area contributed by atoms with Crippen molar-refractivity contribution in [3.63, 3.8) is 0 Å². The number of rotatable bonds is 6. The van der Waals surface area contributed by atoms with Crippen LogP contribution in [-0.4, -0.2) is 16.1 Å². The van der Waals surface area contributed by atoms with Gasteiger partial charge >= 0.3 is 12.1 Å². The summed E-state index contributed by atoms with van der Waals surface area (Å²) in [7, 11) is 0. The van der Waals surface area contributed by atoms with Gasteiger partial charge in [-0.15, -0.1) is 11.3 Å². The summed E-state index contributed by atoms with van der Waals surface area (Å²) in [5, 5.41) is 9.67. The summed E-state index contributed by atoms with van der Waals surface area (Å²) in [6.45, 7) is 1.86. The molecule has 144 valence electrons. The Balaban J connectivity index is 1.58. The summed E-state index contributed by atoms with van der Waals surface area (Å²) in [4.78, 5) is 15.7. The monoisotopic (exact) mass is 397 g/mol. The molecule has 0 fully saturated rings. The Bertz CT molecular complexity index is 856. The third kappa shape index (κ3) is 4.88. The van der Waals surface area contributed by atoms with E-state index in [1.54, 1.807) is 6.20 Å². The minimum atomic E-state index is -4.35. The van der Waals surface area contributed by atoms with Gasteiger partial charge in [-0.1, -0.05) is 12.1 Å². The number of thiazole rings is 1. The van der Waals surface area contributed by atoms with Crippen LogP contribution in [-0.2, 0) is 28.5 Å². The Kier molecular flexibility index (Phi) is 5.55. The number of allylic oxidation sites excluding steroid dienone is 1. The zero-order chi connectivity index (χ0) is 19.6. The highest BCUT2D eigenvalue weighted by Crippen LogP contribution is 2.39. The lowest BCUT2D eigenvalue weighted by Crippen LogP contribution is -2.05. The van der Waals surface area contributed by atoms with Gasteiger partial charge < -0.3 is 9.84 Å². The Morgan fingerprint density at radius 1 is 1.30 bits per heavy atom. The van der Waals surface area contributed by atoms with E-state index in [1.165, 1.54) is 23.5 Å². The fraction of sp³-hybridized carbons (Fsp3) is 0.368. The molecule has 1 aliphatic heterocycles. The minimum absolute atomic E-state index is 0.0293. The van der Waals surface area contributed by atoms with Crippen molar-refractivity contribution >= 4 is 17.3 Å². The van der Waals surface area contributed by atoms with Gasteiger partial charge in [0.05, 0.1) is 22.8 Å². The zero-order valence-corrected chi connectivity index (χ0v) is 15.4. The molecule has 2 aromatic rings. The highest BCUT2D eigenvalue weighted by Gasteiger charge is 2.31. The molecule has 0 radical (unpaired) electrons. The number of halogens is 3. The summed E-state index contributed by atoms with van der Waals surface area (Å²) in [5.74, 6) is -0.0884. The number of nitrogens with zero attached hydrogens (tertiary/aromatic N) is 1. The summed E-state index contributed by atoms with van der Waals surface area (Å²) in [5.41, 5.74) is 1.15. The van der Waals surface area contributed by atoms with E-state index in [4.69, 9.17) is 9.84 Å². The summed E-state index contributed by atoms with van der Waals surface area (Å²) in [6, 6.07) is 5.07. The molecule has 0 bridgehead atoms. The van der Waals surface area contributed by atoms with Gasteiger partial charge in [0, 0.05) is 23.9 Å². The van der Waals surface area contributed by atoms with Gasteiger partial charge in [-0.05, 0) is 36.6 Å². The summed E-state index contributed by atoms with van der Waals surface area (Å²) < 4.78 is 43.9. The predicted molar refractivity (Wildman–Crippen MR) is 94.4 cm³/mol. The molecule has 2 heterocycles. The Labute approximate surface area is 158 Å². The smallest absolute Gasteiger partial charge is 0.416 e. The number of aromatic nitrogens is 1. The lowest BCUT2D eigenvalue weighted by atomic mass is 9.99. The fourth-order valence-electron chi connectivity index (χ4n) is 3.01. The van der Waals surface area contributed by atoms with Gasteiger partial charge in [0.1, 0.15) is 6.10 Å². The van der Waals surface area contributed by atoms with Crippen LogP contribution >= 0.6 is 11.3 Å². The maximum absolute atomic E-state index is 12.7. The average Bonchev–Trinajstić information content (AvgIpc) is 3.18. The summed E-state index contributed by atoms with van der Waals surface area (Å²) in [6.07, 6.45) is -1.03. The van der Waals surface area contributed by atoms with Crippen molar-refractivity contribution in [1.82, 2.24) is 4.98 Å². The Morgan fingerprint density at radius 3 is 2.63 bits per heavy atom. The standard InChI is InChI=1S/C19H18F3NO3S/c1-11-13(4-7-17-23-10-15(27-17)9-18(24)25)8-16(26-11)12-2-5-14(6-3-12)19(20,21)22/h2-3,5-6,10,16H,4,7-9H2,1H3,(H,24,25). The van der Waals surface area contributed by atoms with Crippen LogP contribution < -0.4 is 0 Å². The molecular weight excluding hydrogens is 379 g/mol. The highest BCUT2D eigenvalue weighted by molar-refractivity contribution is 7.11. The third-order valence-electron chi connectivity index (χ3n) is 4.43. The molecule has 8 heteroatoms. The molecule has 4 nitrogen and oxygen atoms in total. The topological polar surface area (TPSA) is 59.4 Å².